The van der Waals surface area contributed by atoms with Crippen molar-refractivity contribution in [2.75, 3.05) is 7.11 Å². The van der Waals surface area contributed by atoms with Crippen LogP contribution < -0.4 is 10.2 Å². The Balaban J connectivity index is 1.70. The SMILES string of the molecule is COc1ccc(-c2cc3cnn(C(Cc4ccccc4)C(=O)NO)c3cn2)cn1. The zero-order valence-corrected chi connectivity index (χ0v) is 15.7. The van der Waals surface area contributed by atoms with Gasteiger partial charge >= 0.3 is 0 Å². The molecular formula is C21H19N5O3. The summed E-state index contributed by atoms with van der Waals surface area (Å²) < 4.78 is 6.66. The molecule has 4 rings (SSSR count). The van der Waals surface area contributed by atoms with E-state index in [0.717, 1.165) is 22.2 Å². The van der Waals surface area contributed by atoms with E-state index in [1.165, 1.54) is 0 Å². The average Bonchev–Trinajstić information content (AvgIpc) is 3.20. The van der Waals surface area contributed by atoms with Crippen LogP contribution in [0.1, 0.15) is 11.6 Å². The van der Waals surface area contributed by atoms with Crippen molar-refractivity contribution in [2.45, 2.75) is 12.5 Å². The number of pyridine rings is 2. The Morgan fingerprint density at radius 1 is 1.14 bits per heavy atom. The number of hydroxylamine groups is 1. The molecule has 0 fully saturated rings. The van der Waals surface area contributed by atoms with Gasteiger partial charge in [-0.15, -0.1) is 0 Å². The molecule has 0 bridgehead atoms. The van der Waals surface area contributed by atoms with Crippen molar-refractivity contribution in [1.82, 2.24) is 25.2 Å². The molecule has 0 spiro atoms. The Hall–Kier alpha value is -3.78. The quantitative estimate of drug-likeness (QED) is 0.388. The first-order valence-corrected chi connectivity index (χ1v) is 9.01. The molecule has 2 N–H and O–H groups in total. The first kappa shape index (κ1) is 18.6. The minimum atomic E-state index is -0.713. The van der Waals surface area contributed by atoms with Crippen molar-refractivity contribution in [3.8, 4) is 17.1 Å². The number of nitrogens with one attached hydrogen (secondary N) is 1. The summed E-state index contributed by atoms with van der Waals surface area (Å²) in [5, 5.41) is 14.4. The van der Waals surface area contributed by atoms with Crippen LogP contribution in [0.15, 0.2) is 67.1 Å². The van der Waals surface area contributed by atoms with E-state index >= 15 is 0 Å². The van der Waals surface area contributed by atoms with Gasteiger partial charge in [-0.3, -0.25) is 19.7 Å². The van der Waals surface area contributed by atoms with Crippen molar-refractivity contribution in [1.29, 1.82) is 0 Å². The maximum Gasteiger partial charge on any atom is 0.268 e. The van der Waals surface area contributed by atoms with Crippen LogP contribution in [0.2, 0.25) is 0 Å². The zero-order chi connectivity index (χ0) is 20.2. The highest BCUT2D eigenvalue weighted by Crippen LogP contribution is 2.25. The predicted octanol–water partition coefficient (Wildman–Crippen LogP) is 2.79. The first-order chi connectivity index (χ1) is 14.2. The summed E-state index contributed by atoms with van der Waals surface area (Å²) in [6.45, 7) is 0. The maximum atomic E-state index is 12.3. The second-order valence-corrected chi connectivity index (χ2v) is 6.49. The highest BCUT2D eigenvalue weighted by molar-refractivity contribution is 5.85. The van der Waals surface area contributed by atoms with Gasteiger partial charge in [0.1, 0.15) is 6.04 Å². The summed E-state index contributed by atoms with van der Waals surface area (Å²) in [6, 6.07) is 14.4. The van der Waals surface area contributed by atoms with Crippen LogP contribution in [0.25, 0.3) is 22.2 Å². The molecule has 1 aromatic carbocycles. The third-order valence-corrected chi connectivity index (χ3v) is 4.70. The second kappa shape index (κ2) is 8.07. The van der Waals surface area contributed by atoms with Crippen LogP contribution in [-0.4, -0.2) is 38.0 Å². The molecule has 4 aromatic rings. The highest BCUT2D eigenvalue weighted by Gasteiger charge is 2.23. The number of aromatic nitrogens is 4. The van der Waals surface area contributed by atoms with Gasteiger partial charge in [0.15, 0.2) is 0 Å². The normalized spacial score (nSPS) is 11.9. The van der Waals surface area contributed by atoms with Crippen LogP contribution in [0.3, 0.4) is 0 Å². The molecule has 0 radical (unpaired) electrons. The van der Waals surface area contributed by atoms with E-state index < -0.39 is 11.9 Å². The minimum absolute atomic E-state index is 0.383. The fourth-order valence-electron chi connectivity index (χ4n) is 3.21. The summed E-state index contributed by atoms with van der Waals surface area (Å²) >= 11 is 0. The Morgan fingerprint density at radius 2 is 1.97 bits per heavy atom. The van der Waals surface area contributed by atoms with Crippen molar-refractivity contribution in [3.63, 3.8) is 0 Å². The van der Waals surface area contributed by atoms with Crippen LogP contribution in [0, 0.1) is 0 Å². The number of rotatable bonds is 6. The lowest BCUT2D eigenvalue weighted by Crippen LogP contribution is -2.32. The molecule has 29 heavy (non-hydrogen) atoms. The van der Waals surface area contributed by atoms with Gasteiger partial charge in [0.25, 0.3) is 5.91 Å². The van der Waals surface area contributed by atoms with E-state index in [2.05, 4.69) is 15.1 Å². The van der Waals surface area contributed by atoms with Gasteiger partial charge in [0.2, 0.25) is 5.88 Å². The van der Waals surface area contributed by atoms with E-state index in [4.69, 9.17) is 4.74 Å². The summed E-state index contributed by atoms with van der Waals surface area (Å²) in [4.78, 5) is 21.1. The third kappa shape index (κ3) is 3.78. The maximum absolute atomic E-state index is 12.3. The summed E-state index contributed by atoms with van der Waals surface area (Å²) in [5.74, 6) is -0.0105. The number of hydrogen-bond donors (Lipinski definition) is 2. The molecule has 3 heterocycles. The van der Waals surface area contributed by atoms with E-state index in [9.17, 15) is 10.0 Å². The first-order valence-electron chi connectivity index (χ1n) is 9.01. The third-order valence-electron chi connectivity index (χ3n) is 4.70. The zero-order valence-electron chi connectivity index (χ0n) is 15.7. The van der Waals surface area contributed by atoms with E-state index in [0.29, 0.717) is 17.8 Å². The minimum Gasteiger partial charge on any atom is -0.481 e. The van der Waals surface area contributed by atoms with Gasteiger partial charge in [-0.2, -0.15) is 5.10 Å². The van der Waals surface area contributed by atoms with Gasteiger partial charge in [0, 0.05) is 29.6 Å². The van der Waals surface area contributed by atoms with Crippen molar-refractivity contribution >= 4 is 16.8 Å². The molecule has 3 aromatic heterocycles. The van der Waals surface area contributed by atoms with Gasteiger partial charge in [-0.1, -0.05) is 30.3 Å². The van der Waals surface area contributed by atoms with Gasteiger partial charge in [0.05, 0.1) is 30.7 Å². The Bertz CT molecular complexity index is 1130. The monoisotopic (exact) mass is 389 g/mol. The van der Waals surface area contributed by atoms with Crippen molar-refractivity contribution in [2.24, 2.45) is 0 Å². The molecule has 1 amide bonds. The summed E-state index contributed by atoms with van der Waals surface area (Å²) in [6.07, 6.45) is 5.42. The number of carbonyl (C=O) groups is 1. The summed E-state index contributed by atoms with van der Waals surface area (Å²) in [5.41, 5.74) is 4.97. The molecule has 8 nitrogen and oxygen atoms in total. The molecular weight excluding hydrogens is 370 g/mol. The lowest BCUT2D eigenvalue weighted by molar-refractivity contribution is -0.132. The lowest BCUT2D eigenvalue weighted by atomic mass is 10.1. The second-order valence-electron chi connectivity index (χ2n) is 6.49. The van der Waals surface area contributed by atoms with Crippen molar-refractivity contribution < 1.29 is 14.7 Å². The molecule has 0 aliphatic rings. The summed E-state index contributed by atoms with van der Waals surface area (Å²) in [7, 11) is 1.56. The molecule has 1 unspecified atom stereocenters. The topological polar surface area (TPSA) is 102 Å². The van der Waals surface area contributed by atoms with Crippen LogP contribution in [0.4, 0.5) is 0 Å². The number of ether oxygens (including phenoxy) is 1. The van der Waals surface area contributed by atoms with Crippen LogP contribution in [-0.2, 0) is 11.2 Å². The number of hydrogen-bond acceptors (Lipinski definition) is 6. The van der Waals surface area contributed by atoms with Crippen LogP contribution >= 0.6 is 0 Å². The predicted molar refractivity (Wildman–Crippen MR) is 106 cm³/mol. The number of carbonyl (C=O) groups excluding carboxylic acids is 1. The number of methoxy groups -OCH3 is 1. The standard InChI is InChI=1S/C21H19N5O3/c1-29-20-8-7-15(11-23-20)17-10-16-12-24-26(19(16)13-22-17)18(21(27)25-28)9-14-5-3-2-4-6-14/h2-8,10-13,18,28H,9H2,1H3,(H,25,27). The Labute approximate surface area is 166 Å². The number of benzene rings is 1. The fourth-order valence-corrected chi connectivity index (χ4v) is 3.21. The van der Waals surface area contributed by atoms with Gasteiger partial charge < -0.3 is 4.74 Å². The number of nitrogens with zero attached hydrogens (tertiary/aromatic N) is 4. The van der Waals surface area contributed by atoms with E-state index in [-0.39, 0.29) is 0 Å². The van der Waals surface area contributed by atoms with Gasteiger partial charge in [-0.25, -0.2) is 10.5 Å². The molecule has 1 atom stereocenters. The smallest absolute Gasteiger partial charge is 0.268 e. The molecule has 146 valence electrons. The molecule has 0 aliphatic carbocycles. The molecule has 0 saturated heterocycles. The van der Waals surface area contributed by atoms with Crippen LogP contribution in [0.5, 0.6) is 5.88 Å². The highest BCUT2D eigenvalue weighted by atomic mass is 16.5. The Morgan fingerprint density at radius 3 is 2.66 bits per heavy atom. The fraction of sp³-hybridized carbons (Fsp3) is 0.143. The average molecular weight is 389 g/mol. The van der Waals surface area contributed by atoms with Crippen molar-refractivity contribution in [3.05, 3.63) is 72.7 Å². The van der Waals surface area contributed by atoms with E-state index in [1.807, 2.05) is 42.5 Å². The number of fused-ring (bicyclic) bond motifs is 1. The lowest BCUT2D eigenvalue weighted by Gasteiger charge is -2.16. The van der Waals surface area contributed by atoms with E-state index in [1.54, 1.807) is 41.9 Å². The Kier molecular flexibility index (Phi) is 5.17. The molecule has 8 heteroatoms. The number of amides is 1. The molecule has 0 saturated carbocycles. The molecule has 0 aliphatic heterocycles. The van der Waals surface area contributed by atoms with Gasteiger partial charge in [-0.05, 0) is 17.7 Å². The largest absolute Gasteiger partial charge is 0.481 e.